The van der Waals surface area contributed by atoms with Gasteiger partial charge in [-0.2, -0.15) is 5.10 Å². The van der Waals surface area contributed by atoms with Gasteiger partial charge < -0.3 is 0 Å². The number of nitro groups is 1. The Morgan fingerprint density at radius 2 is 2.22 bits per heavy atom. The molecule has 1 aromatic heterocycles. The number of rotatable bonds is 3. The summed E-state index contributed by atoms with van der Waals surface area (Å²) in [6.45, 7) is 0.202. The first-order chi connectivity index (χ1) is 8.49. The van der Waals surface area contributed by atoms with E-state index in [1.54, 1.807) is 19.2 Å². The zero-order chi connectivity index (χ0) is 13.3. The van der Waals surface area contributed by atoms with Crippen LogP contribution in [0, 0.1) is 10.1 Å². The summed E-state index contributed by atoms with van der Waals surface area (Å²) in [5.41, 5.74) is 0.350. The molecule has 0 atom stereocenters. The zero-order valence-corrected chi connectivity index (χ0v) is 11.0. The fourth-order valence-electron chi connectivity index (χ4n) is 1.50. The summed E-state index contributed by atoms with van der Waals surface area (Å²) >= 11 is 3.11. The van der Waals surface area contributed by atoms with E-state index in [-0.39, 0.29) is 17.9 Å². The van der Waals surface area contributed by atoms with Crippen LogP contribution < -0.4 is 5.69 Å². The van der Waals surface area contributed by atoms with E-state index in [1.807, 2.05) is 0 Å². The maximum Gasteiger partial charge on any atom is 0.345 e. The summed E-state index contributed by atoms with van der Waals surface area (Å²) < 4.78 is 2.99. The highest BCUT2D eigenvalue weighted by molar-refractivity contribution is 9.10. The Hall–Kier alpha value is -1.96. The van der Waals surface area contributed by atoms with E-state index in [4.69, 9.17) is 0 Å². The SMILES string of the molecule is Cn1cnn(Cc2ccc(Br)c([N+](=O)[O-])c2)c1=O. The van der Waals surface area contributed by atoms with Crippen LogP contribution in [-0.4, -0.2) is 19.3 Å². The molecule has 18 heavy (non-hydrogen) atoms. The Labute approximate surface area is 110 Å². The monoisotopic (exact) mass is 312 g/mol. The van der Waals surface area contributed by atoms with Gasteiger partial charge in [-0.05, 0) is 27.6 Å². The molecule has 0 spiro atoms. The summed E-state index contributed by atoms with van der Waals surface area (Å²) in [5, 5.41) is 14.7. The maximum atomic E-state index is 11.6. The molecule has 0 unspecified atom stereocenters. The smallest absolute Gasteiger partial charge is 0.285 e. The van der Waals surface area contributed by atoms with Gasteiger partial charge in [-0.1, -0.05) is 6.07 Å². The molecule has 0 aliphatic rings. The lowest BCUT2D eigenvalue weighted by Crippen LogP contribution is -2.23. The van der Waals surface area contributed by atoms with Crippen molar-refractivity contribution in [1.82, 2.24) is 14.3 Å². The van der Waals surface area contributed by atoms with Crippen molar-refractivity contribution in [2.75, 3.05) is 0 Å². The van der Waals surface area contributed by atoms with Crippen molar-refractivity contribution in [2.24, 2.45) is 7.05 Å². The quantitative estimate of drug-likeness (QED) is 0.631. The van der Waals surface area contributed by atoms with Gasteiger partial charge in [0.15, 0.2) is 0 Å². The Morgan fingerprint density at radius 3 is 2.78 bits per heavy atom. The zero-order valence-electron chi connectivity index (χ0n) is 9.41. The number of hydrogen-bond donors (Lipinski definition) is 0. The van der Waals surface area contributed by atoms with Crippen molar-refractivity contribution in [1.29, 1.82) is 0 Å². The third-order valence-corrected chi connectivity index (χ3v) is 3.10. The number of nitrogens with zero attached hydrogens (tertiary/aromatic N) is 4. The second kappa shape index (κ2) is 4.73. The van der Waals surface area contributed by atoms with Crippen LogP contribution in [0.1, 0.15) is 5.56 Å². The van der Waals surface area contributed by atoms with Gasteiger partial charge >= 0.3 is 5.69 Å². The van der Waals surface area contributed by atoms with Crippen molar-refractivity contribution < 1.29 is 4.92 Å². The Bertz CT molecular complexity index is 661. The number of nitro benzene ring substituents is 1. The topological polar surface area (TPSA) is 83.0 Å². The van der Waals surface area contributed by atoms with E-state index in [9.17, 15) is 14.9 Å². The molecule has 2 rings (SSSR count). The third-order valence-electron chi connectivity index (χ3n) is 2.43. The van der Waals surface area contributed by atoms with E-state index in [0.717, 1.165) is 0 Å². The molecular formula is C10H9BrN4O3. The second-order valence-electron chi connectivity index (χ2n) is 3.72. The summed E-state index contributed by atoms with van der Waals surface area (Å²) in [4.78, 5) is 21.9. The largest absolute Gasteiger partial charge is 0.345 e. The van der Waals surface area contributed by atoms with Crippen LogP contribution in [0.2, 0.25) is 0 Å². The number of halogens is 1. The van der Waals surface area contributed by atoms with Crippen LogP contribution in [0.15, 0.2) is 33.8 Å². The van der Waals surface area contributed by atoms with Gasteiger partial charge in [-0.25, -0.2) is 9.48 Å². The van der Waals surface area contributed by atoms with Gasteiger partial charge in [-0.15, -0.1) is 0 Å². The van der Waals surface area contributed by atoms with Gasteiger partial charge in [0, 0.05) is 13.1 Å². The predicted octanol–water partition coefficient (Wildman–Crippen LogP) is 1.30. The molecular weight excluding hydrogens is 304 g/mol. The van der Waals surface area contributed by atoms with Crippen LogP contribution in [0.5, 0.6) is 0 Å². The molecule has 0 N–H and O–H groups in total. The van der Waals surface area contributed by atoms with Crippen LogP contribution in [0.3, 0.4) is 0 Å². The first-order valence-electron chi connectivity index (χ1n) is 5.00. The summed E-state index contributed by atoms with van der Waals surface area (Å²) in [7, 11) is 1.59. The lowest BCUT2D eigenvalue weighted by molar-refractivity contribution is -0.385. The highest BCUT2D eigenvalue weighted by Gasteiger charge is 2.13. The van der Waals surface area contributed by atoms with Gasteiger partial charge in [0.1, 0.15) is 6.33 Å². The highest BCUT2D eigenvalue weighted by atomic mass is 79.9. The van der Waals surface area contributed by atoms with Crippen LogP contribution in [0.4, 0.5) is 5.69 Å². The fraction of sp³-hybridized carbons (Fsp3) is 0.200. The van der Waals surface area contributed by atoms with E-state index in [1.165, 1.54) is 21.6 Å². The van der Waals surface area contributed by atoms with E-state index >= 15 is 0 Å². The average Bonchev–Trinajstić information content (AvgIpc) is 2.63. The average molecular weight is 313 g/mol. The van der Waals surface area contributed by atoms with Crippen molar-refractivity contribution in [3.63, 3.8) is 0 Å². The second-order valence-corrected chi connectivity index (χ2v) is 4.58. The van der Waals surface area contributed by atoms with Crippen molar-refractivity contribution >= 4 is 21.6 Å². The molecule has 0 amide bonds. The van der Waals surface area contributed by atoms with E-state index in [2.05, 4.69) is 21.0 Å². The van der Waals surface area contributed by atoms with E-state index in [0.29, 0.717) is 10.0 Å². The molecule has 0 saturated heterocycles. The summed E-state index contributed by atoms with van der Waals surface area (Å²) in [5.74, 6) is 0. The Balaban J connectivity index is 2.36. The normalized spacial score (nSPS) is 10.6. The van der Waals surface area contributed by atoms with E-state index < -0.39 is 4.92 Å². The first-order valence-corrected chi connectivity index (χ1v) is 5.79. The van der Waals surface area contributed by atoms with Crippen LogP contribution in [-0.2, 0) is 13.6 Å². The van der Waals surface area contributed by atoms with Crippen molar-refractivity contribution in [3.8, 4) is 0 Å². The molecule has 0 bridgehead atoms. The van der Waals surface area contributed by atoms with Gasteiger partial charge in [0.05, 0.1) is 15.9 Å². The molecule has 1 heterocycles. The maximum absolute atomic E-state index is 11.6. The Morgan fingerprint density at radius 1 is 1.50 bits per heavy atom. The molecule has 7 nitrogen and oxygen atoms in total. The number of aryl methyl sites for hydroxylation is 1. The van der Waals surface area contributed by atoms with Gasteiger partial charge in [-0.3, -0.25) is 14.7 Å². The highest BCUT2D eigenvalue weighted by Crippen LogP contribution is 2.25. The molecule has 1 aromatic carbocycles. The molecule has 0 radical (unpaired) electrons. The lowest BCUT2D eigenvalue weighted by Gasteiger charge is -2.02. The molecule has 94 valence electrons. The fourth-order valence-corrected chi connectivity index (χ4v) is 1.89. The molecule has 8 heteroatoms. The van der Waals surface area contributed by atoms with Crippen molar-refractivity contribution in [2.45, 2.75) is 6.54 Å². The van der Waals surface area contributed by atoms with Crippen molar-refractivity contribution in [3.05, 3.63) is 55.2 Å². The van der Waals surface area contributed by atoms with Crippen LogP contribution >= 0.6 is 15.9 Å². The molecule has 0 aliphatic heterocycles. The summed E-state index contributed by atoms with van der Waals surface area (Å²) in [6.07, 6.45) is 1.40. The minimum Gasteiger partial charge on any atom is -0.285 e. The standard InChI is InChI=1S/C10H9BrN4O3/c1-13-6-12-14(10(13)16)5-7-2-3-8(11)9(4-7)15(17)18/h2-4,6H,5H2,1H3. The molecule has 0 aliphatic carbocycles. The van der Waals surface area contributed by atoms with Crippen LogP contribution in [0.25, 0.3) is 0 Å². The summed E-state index contributed by atoms with van der Waals surface area (Å²) in [6, 6.07) is 4.71. The van der Waals surface area contributed by atoms with Gasteiger partial charge in [0.2, 0.25) is 0 Å². The van der Waals surface area contributed by atoms with Gasteiger partial charge in [0.25, 0.3) is 5.69 Å². The number of benzene rings is 1. The Kier molecular flexibility index (Phi) is 3.28. The molecule has 2 aromatic rings. The number of aromatic nitrogens is 3. The first kappa shape index (κ1) is 12.5. The molecule has 0 fully saturated rings. The minimum absolute atomic E-state index is 0.0310. The number of hydrogen-bond acceptors (Lipinski definition) is 4. The lowest BCUT2D eigenvalue weighted by atomic mass is 10.2. The third kappa shape index (κ3) is 2.33. The molecule has 0 saturated carbocycles. The minimum atomic E-state index is -0.477. The predicted molar refractivity (Wildman–Crippen MR) is 67.4 cm³/mol.